The number of nitrogens with one attached hydrogen (secondary N) is 1. The number of benzene rings is 2. The molecule has 1 aliphatic heterocycles. The van der Waals surface area contributed by atoms with Gasteiger partial charge in [0.1, 0.15) is 11.6 Å². The molecule has 13 heteroatoms. The molecule has 6 rings (SSSR count). The standard InChI is InChI=1S/C31H22ClF3N6O3/c32-21-7-10-27(41-15-26(31(43)44)39-40-41)29(30(21)35)16-5-8-23(36-13-16)18-3-1-2-4-28(42)38-24-9-6-17(33)11-20(24)25-12-19(18)22(34)14-37-25/h5-15,18H,1-4H2,(H,38,42)(H,43,44). The van der Waals surface area contributed by atoms with Crippen LogP contribution in [0.5, 0.6) is 0 Å². The highest BCUT2D eigenvalue weighted by Crippen LogP contribution is 2.38. The van der Waals surface area contributed by atoms with Crippen LogP contribution in [0.3, 0.4) is 0 Å². The smallest absolute Gasteiger partial charge is 0.358 e. The van der Waals surface area contributed by atoms with E-state index in [1.807, 2.05) is 0 Å². The second kappa shape index (κ2) is 11.9. The molecule has 0 saturated heterocycles. The Morgan fingerprint density at radius 1 is 1.02 bits per heavy atom. The molecule has 2 bridgehead atoms. The van der Waals surface area contributed by atoms with Gasteiger partial charge in [-0.3, -0.25) is 14.8 Å². The third-order valence-corrected chi connectivity index (χ3v) is 7.69. The summed E-state index contributed by atoms with van der Waals surface area (Å²) in [4.78, 5) is 32.7. The molecule has 0 fully saturated rings. The van der Waals surface area contributed by atoms with E-state index < -0.39 is 29.3 Å². The van der Waals surface area contributed by atoms with Gasteiger partial charge < -0.3 is 10.4 Å². The average Bonchev–Trinajstić information content (AvgIpc) is 3.51. The summed E-state index contributed by atoms with van der Waals surface area (Å²) in [7, 11) is 0. The highest BCUT2D eigenvalue weighted by Gasteiger charge is 2.24. The number of carboxylic acid groups (broad SMARTS) is 1. The van der Waals surface area contributed by atoms with Gasteiger partial charge in [-0.25, -0.2) is 22.6 Å². The molecule has 0 saturated carbocycles. The Labute approximate surface area is 253 Å². The number of anilines is 1. The lowest BCUT2D eigenvalue weighted by molar-refractivity contribution is -0.116. The number of carbonyl (C=O) groups is 2. The fourth-order valence-corrected chi connectivity index (χ4v) is 5.42. The lowest BCUT2D eigenvalue weighted by atomic mass is 9.88. The second-order valence-corrected chi connectivity index (χ2v) is 10.6. The molecule has 1 unspecified atom stereocenters. The predicted molar refractivity (Wildman–Crippen MR) is 155 cm³/mol. The summed E-state index contributed by atoms with van der Waals surface area (Å²) in [5.74, 6) is -3.98. The van der Waals surface area contributed by atoms with Crippen molar-refractivity contribution in [2.75, 3.05) is 5.32 Å². The van der Waals surface area contributed by atoms with E-state index in [2.05, 4.69) is 25.6 Å². The predicted octanol–water partition coefficient (Wildman–Crippen LogP) is 6.80. The van der Waals surface area contributed by atoms with Crippen LogP contribution < -0.4 is 5.32 Å². The van der Waals surface area contributed by atoms with Crippen molar-refractivity contribution in [3.63, 3.8) is 0 Å². The lowest BCUT2D eigenvalue weighted by Crippen LogP contribution is -2.14. The number of hydrogen-bond donors (Lipinski definition) is 2. The zero-order valence-corrected chi connectivity index (χ0v) is 23.5. The van der Waals surface area contributed by atoms with E-state index in [0.29, 0.717) is 41.8 Å². The van der Waals surface area contributed by atoms with Gasteiger partial charge in [-0.05, 0) is 55.3 Å². The first-order valence-electron chi connectivity index (χ1n) is 13.5. The van der Waals surface area contributed by atoms with Gasteiger partial charge in [-0.2, -0.15) is 0 Å². The number of aromatic carboxylic acids is 1. The number of halogens is 4. The van der Waals surface area contributed by atoms with Gasteiger partial charge in [0.05, 0.1) is 34.5 Å². The Kier molecular flexibility index (Phi) is 7.83. The number of fused-ring (bicyclic) bond motifs is 4. The van der Waals surface area contributed by atoms with Crippen LogP contribution in [0.4, 0.5) is 18.9 Å². The number of amides is 1. The van der Waals surface area contributed by atoms with Gasteiger partial charge in [0.2, 0.25) is 5.91 Å². The molecule has 0 aliphatic carbocycles. The third kappa shape index (κ3) is 5.63. The Morgan fingerprint density at radius 3 is 2.61 bits per heavy atom. The lowest BCUT2D eigenvalue weighted by Gasteiger charge is -2.21. The molecular weight excluding hydrogens is 597 g/mol. The van der Waals surface area contributed by atoms with Crippen LogP contribution >= 0.6 is 11.6 Å². The first-order valence-corrected chi connectivity index (χ1v) is 13.9. The van der Waals surface area contributed by atoms with Crippen LogP contribution in [-0.4, -0.2) is 41.9 Å². The molecule has 5 aromatic rings. The van der Waals surface area contributed by atoms with Crippen LogP contribution in [0.15, 0.2) is 67.1 Å². The SMILES string of the molecule is O=C1CCCCC(c2ccc(-c3c(-n4cc(C(=O)O)nn4)ccc(Cl)c3F)cn2)c2cc(ncc2F)-c2cc(F)ccc2N1. The van der Waals surface area contributed by atoms with Crippen LogP contribution in [0.1, 0.15) is 53.3 Å². The van der Waals surface area contributed by atoms with Crippen molar-refractivity contribution >= 4 is 29.2 Å². The Morgan fingerprint density at radius 2 is 1.86 bits per heavy atom. The van der Waals surface area contributed by atoms with Gasteiger partial charge in [0, 0.05) is 46.5 Å². The van der Waals surface area contributed by atoms with E-state index in [1.165, 1.54) is 42.6 Å². The van der Waals surface area contributed by atoms with E-state index in [1.54, 1.807) is 12.1 Å². The van der Waals surface area contributed by atoms with Crippen molar-refractivity contribution in [2.45, 2.75) is 31.6 Å². The largest absolute Gasteiger partial charge is 0.476 e. The minimum absolute atomic E-state index is 0.0131. The van der Waals surface area contributed by atoms with Gasteiger partial charge in [-0.1, -0.05) is 29.3 Å². The van der Waals surface area contributed by atoms with Crippen molar-refractivity contribution in [2.24, 2.45) is 0 Å². The molecular formula is C31H22ClF3N6O3. The summed E-state index contributed by atoms with van der Waals surface area (Å²) in [6.07, 6.45) is 5.35. The fourth-order valence-electron chi connectivity index (χ4n) is 5.26. The minimum Gasteiger partial charge on any atom is -0.476 e. The van der Waals surface area contributed by atoms with Crippen molar-refractivity contribution < 1.29 is 27.9 Å². The van der Waals surface area contributed by atoms with Crippen molar-refractivity contribution in [1.29, 1.82) is 0 Å². The second-order valence-electron chi connectivity index (χ2n) is 10.2. The monoisotopic (exact) mass is 618 g/mol. The number of pyridine rings is 2. The summed E-state index contributed by atoms with van der Waals surface area (Å²) < 4.78 is 46.2. The molecule has 44 heavy (non-hydrogen) atoms. The molecule has 2 N–H and O–H groups in total. The van der Waals surface area contributed by atoms with Crippen LogP contribution in [0, 0.1) is 17.5 Å². The molecule has 1 atom stereocenters. The van der Waals surface area contributed by atoms with Crippen molar-refractivity contribution in [3.05, 3.63) is 107 Å². The van der Waals surface area contributed by atoms with E-state index in [9.17, 15) is 19.1 Å². The zero-order valence-electron chi connectivity index (χ0n) is 22.8. The van der Waals surface area contributed by atoms with Gasteiger partial charge >= 0.3 is 5.97 Å². The molecule has 3 aromatic heterocycles. The van der Waals surface area contributed by atoms with Gasteiger partial charge in [0.25, 0.3) is 0 Å². The van der Waals surface area contributed by atoms with Gasteiger partial charge in [-0.15, -0.1) is 5.10 Å². The number of nitrogens with zero attached hydrogens (tertiary/aromatic N) is 5. The molecule has 0 radical (unpaired) electrons. The Bertz CT molecular complexity index is 1910. The molecule has 1 aliphatic rings. The number of carboxylic acids is 1. The van der Waals surface area contributed by atoms with Crippen LogP contribution in [0.2, 0.25) is 5.02 Å². The molecule has 222 valence electrons. The average molecular weight is 619 g/mol. The van der Waals surface area contributed by atoms with E-state index in [4.69, 9.17) is 11.6 Å². The summed E-state index contributed by atoms with van der Waals surface area (Å²) >= 11 is 6.10. The maximum atomic E-state index is 15.4. The number of rotatable bonds is 4. The van der Waals surface area contributed by atoms with E-state index >= 15 is 8.78 Å². The Hall–Kier alpha value is -5.10. The van der Waals surface area contributed by atoms with E-state index in [-0.39, 0.29) is 45.6 Å². The number of aromatic nitrogens is 5. The molecule has 4 heterocycles. The molecule has 0 spiro atoms. The van der Waals surface area contributed by atoms with Crippen molar-refractivity contribution in [3.8, 4) is 28.1 Å². The molecule has 2 aromatic carbocycles. The highest BCUT2D eigenvalue weighted by atomic mass is 35.5. The molecule has 1 amide bonds. The molecule has 9 nitrogen and oxygen atoms in total. The first kappa shape index (κ1) is 29.0. The minimum atomic E-state index is -1.30. The summed E-state index contributed by atoms with van der Waals surface area (Å²) in [5, 5.41) is 19.3. The third-order valence-electron chi connectivity index (χ3n) is 7.40. The quantitative estimate of drug-likeness (QED) is 0.227. The van der Waals surface area contributed by atoms with Crippen molar-refractivity contribution in [1.82, 2.24) is 25.0 Å². The fraction of sp³-hybridized carbons (Fsp3) is 0.161. The maximum Gasteiger partial charge on any atom is 0.358 e. The maximum absolute atomic E-state index is 15.4. The van der Waals surface area contributed by atoms with Gasteiger partial charge in [0.15, 0.2) is 11.5 Å². The van der Waals surface area contributed by atoms with E-state index in [0.717, 1.165) is 17.1 Å². The normalized spacial score (nSPS) is 15.1. The first-order chi connectivity index (χ1) is 21.2. The zero-order chi connectivity index (χ0) is 31.0. The highest BCUT2D eigenvalue weighted by molar-refractivity contribution is 6.31. The van der Waals surface area contributed by atoms with Crippen LogP contribution in [0.25, 0.3) is 28.1 Å². The summed E-state index contributed by atoms with van der Waals surface area (Å²) in [5.41, 5.74) is 1.89. The van der Waals surface area contributed by atoms with Crippen LogP contribution in [-0.2, 0) is 4.79 Å². The number of hydrogen-bond acceptors (Lipinski definition) is 6. The Balaban J connectivity index is 1.43. The summed E-state index contributed by atoms with van der Waals surface area (Å²) in [6, 6.07) is 11.5. The summed E-state index contributed by atoms with van der Waals surface area (Å²) in [6.45, 7) is 0. The number of carbonyl (C=O) groups excluding carboxylic acids is 1. The topological polar surface area (TPSA) is 123 Å².